The van der Waals surface area contributed by atoms with Crippen LogP contribution in [0.3, 0.4) is 0 Å². The largest absolute Gasteiger partial charge is 0.326 e. The van der Waals surface area contributed by atoms with Gasteiger partial charge >= 0.3 is 5.69 Å². The Morgan fingerprint density at radius 3 is 2.69 bits per heavy atom. The highest BCUT2D eigenvalue weighted by atomic mass is 19.2. The third-order valence-corrected chi connectivity index (χ3v) is 2.90. The van der Waals surface area contributed by atoms with Gasteiger partial charge in [0.1, 0.15) is 5.52 Å². The normalized spacial score (nSPS) is 16.6. The van der Waals surface area contributed by atoms with Crippen molar-refractivity contribution in [3.63, 3.8) is 0 Å². The number of benzene rings is 1. The van der Waals surface area contributed by atoms with E-state index in [4.69, 9.17) is 0 Å². The van der Waals surface area contributed by atoms with Gasteiger partial charge in [0.2, 0.25) is 0 Å². The molecule has 16 heavy (non-hydrogen) atoms. The molecule has 1 fully saturated rings. The van der Waals surface area contributed by atoms with E-state index in [1.165, 1.54) is 10.6 Å². The lowest BCUT2D eigenvalue weighted by atomic mass is 10.1. The van der Waals surface area contributed by atoms with E-state index >= 15 is 0 Å². The van der Waals surface area contributed by atoms with Crippen molar-refractivity contribution in [2.24, 2.45) is 0 Å². The summed E-state index contributed by atoms with van der Waals surface area (Å²) in [6.45, 7) is 1.20. The van der Waals surface area contributed by atoms with Crippen LogP contribution < -0.4 is 11.0 Å². The van der Waals surface area contributed by atoms with E-state index in [2.05, 4.69) is 10.3 Å². The van der Waals surface area contributed by atoms with Crippen LogP contribution in [-0.2, 0) is 0 Å². The zero-order valence-corrected chi connectivity index (χ0v) is 8.26. The summed E-state index contributed by atoms with van der Waals surface area (Å²) in [7, 11) is 0. The molecule has 1 aromatic carbocycles. The number of nitrogens with zero attached hydrogens (tertiary/aromatic N) is 1. The number of aromatic nitrogens is 2. The predicted octanol–water partition coefficient (Wildman–Crippen LogP) is 0.752. The van der Waals surface area contributed by atoms with E-state index in [0.717, 1.165) is 6.07 Å². The Balaban J connectivity index is 2.37. The van der Waals surface area contributed by atoms with Crippen molar-refractivity contribution in [3.8, 4) is 0 Å². The minimum Gasteiger partial charge on any atom is -0.313 e. The minimum absolute atomic E-state index is 0.0245. The molecule has 2 heterocycles. The average molecular weight is 225 g/mol. The quantitative estimate of drug-likeness (QED) is 0.752. The number of hydrogen-bond donors (Lipinski definition) is 2. The Hall–Kier alpha value is -1.69. The van der Waals surface area contributed by atoms with E-state index in [1.807, 2.05) is 0 Å². The van der Waals surface area contributed by atoms with E-state index < -0.39 is 17.3 Å². The van der Waals surface area contributed by atoms with Gasteiger partial charge in [-0.3, -0.25) is 4.57 Å². The van der Waals surface area contributed by atoms with Crippen molar-refractivity contribution in [2.45, 2.75) is 6.04 Å². The van der Waals surface area contributed by atoms with Crippen molar-refractivity contribution in [1.82, 2.24) is 14.9 Å². The van der Waals surface area contributed by atoms with Crippen molar-refractivity contribution in [1.29, 1.82) is 0 Å². The van der Waals surface area contributed by atoms with Crippen LogP contribution in [0.5, 0.6) is 0 Å². The molecule has 0 amide bonds. The lowest BCUT2D eigenvalue weighted by Gasteiger charge is -2.28. The first-order valence-electron chi connectivity index (χ1n) is 4.97. The van der Waals surface area contributed by atoms with Gasteiger partial charge in [0.05, 0.1) is 11.6 Å². The topological polar surface area (TPSA) is 49.8 Å². The number of rotatable bonds is 1. The monoisotopic (exact) mass is 225 g/mol. The van der Waals surface area contributed by atoms with Crippen LogP contribution in [0.1, 0.15) is 6.04 Å². The molecule has 84 valence electrons. The molecule has 1 aromatic heterocycles. The van der Waals surface area contributed by atoms with Crippen molar-refractivity contribution < 1.29 is 8.78 Å². The molecule has 2 N–H and O–H groups in total. The highest BCUT2D eigenvalue weighted by molar-refractivity contribution is 5.76. The van der Waals surface area contributed by atoms with Gasteiger partial charge in [0.15, 0.2) is 11.6 Å². The van der Waals surface area contributed by atoms with Crippen LogP contribution in [0.15, 0.2) is 16.9 Å². The Labute approximate surface area is 88.9 Å². The number of imidazole rings is 1. The van der Waals surface area contributed by atoms with Crippen LogP contribution in [0.25, 0.3) is 11.0 Å². The van der Waals surface area contributed by atoms with Crippen LogP contribution >= 0.6 is 0 Å². The lowest BCUT2D eigenvalue weighted by Crippen LogP contribution is -2.46. The number of fused-ring (bicyclic) bond motifs is 1. The molecule has 0 radical (unpaired) electrons. The highest BCUT2D eigenvalue weighted by Crippen LogP contribution is 2.22. The van der Waals surface area contributed by atoms with Crippen LogP contribution in [0, 0.1) is 11.6 Å². The molecule has 2 aromatic rings. The van der Waals surface area contributed by atoms with Crippen molar-refractivity contribution in [3.05, 3.63) is 34.3 Å². The van der Waals surface area contributed by atoms with E-state index in [1.54, 1.807) is 0 Å². The molecule has 0 spiro atoms. The van der Waals surface area contributed by atoms with Gasteiger partial charge in [0.25, 0.3) is 0 Å². The Bertz CT molecular complexity index is 612. The maximum absolute atomic E-state index is 13.6. The third kappa shape index (κ3) is 1.13. The molecular weight excluding hydrogens is 216 g/mol. The smallest absolute Gasteiger partial charge is 0.313 e. The van der Waals surface area contributed by atoms with Crippen LogP contribution in [0.4, 0.5) is 8.78 Å². The summed E-state index contributed by atoms with van der Waals surface area (Å²) in [5.74, 6) is -1.91. The Kier molecular flexibility index (Phi) is 1.88. The van der Waals surface area contributed by atoms with Gasteiger partial charge in [-0.25, -0.2) is 13.6 Å². The van der Waals surface area contributed by atoms with Crippen molar-refractivity contribution in [2.75, 3.05) is 13.1 Å². The predicted molar refractivity (Wildman–Crippen MR) is 54.4 cm³/mol. The number of halogens is 2. The van der Waals surface area contributed by atoms with Crippen LogP contribution in [0.2, 0.25) is 0 Å². The molecule has 1 saturated heterocycles. The fourth-order valence-electron chi connectivity index (χ4n) is 1.96. The molecule has 0 atom stereocenters. The van der Waals surface area contributed by atoms with Gasteiger partial charge in [-0.15, -0.1) is 0 Å². The molecule has 3 rings (SSSR count). The van der Waals surface area contributed by atoms with Crippen LogP contribution in [-0.4, -0.2) is 22.6 Å². The molecule has 6 heteroatoms. The van der Waals surface area contributed by atoms with Gasteiger partial charge in [0, 0.05) is 13.1 Å². The molecule has 4 nitrogen and oxygen atoms in total. The van der Waals surface area contributed by atoms with Gasteiger partial charge in [-0.2, -0.15) is 0 Å². The molecular formula is C10H9F2N3O. The summed E-state index contributed by atoms with van der Waals surface area (Å²) in [4.78, 5) is 14.1. The zero-order valence-electron chi connectivity index (χ0n) is 8.26. The number of H-pyrrole nitrogens is 1. The summed E-state index contributed by atoms with van der Waals surface area (Å²) >= 11 is 0. The first kappa shape index (κ1) is 9.53. The van der Waals surface area contributed by atoms with E-state index in [9.17, 15) is 13.6 Å². The second kappa shape index (κ2) is 3.15. The highest BCUT2D eigenvalue weighted by Gasteiger charge is 2.25. The van der Waals surface area contributed by atoms with Gasteiger partial charge in [-0.05, 0) is 12.1 Å². The molecule has 0 bridgehead atoms. The standard InChI is InChI=1S/C10H9F2N3O/c11-6-1-2-7-9(8(6)12)15(10(16)14-7)5-3-13-4-5/h1-2,5,13H,3-4H2,(H,14,16). The molecule has 0 aliphatic carbocycles. The first-order chi connectivity index (χ1) is 7.68. The third-order valence-electron chi connectivity index (χ3n) is 2.90. The second-order valence-corrected chi connectivity index (χ2v) is 3.87. The van der Waals surface area contributed by atoms with E-state index in [0.29, 0.717) is 18.6 Å². The maximum Gasteiger partial charge on any atom is 0.326 e. The Morgan fingerprint density at radius 2 is 2.06 bits per heavy atom. The number of hydrogen-bond acceptors (Lipinski definition) is 2. The fourth-order valence-corrected chi connectivity index (χ4v) is 1.96. The van der Waals surface area contributed by atoms with Gasteiger partial charge in [-0.1, -0.05) is 0 Å². The summed E-state index contributed by atoms with van der Waals surface area (Å²) in [5.41, 5.74) is -0.0432. The fraction of sp³-hybridized carbons (Fsp3) is 0.300. The average Bonchev–Trinajstić information content (AvgIpc) is 2.49. The summed E-state index contributed by atoms with van der Waals surface area (Å²) in [6, 6.07) is 2.28. The summed E-state index contributed by atoms with van der Waals surface area (Å²) in [6.07, 6.45) is 0. The Morgan fingerprint density at radius 1 is 1.31 bits per heavy atom. The molecule has 0 saturated carbocycles. The number of aromatic amines is 1. The molecule has 0 unspecified atom stereocenters. The molecule has 1 aliphatic rings. The minimum atomic E-state index is -0.970. The molecule has 1 aliphatic heterocycles. The summed E-state index contributed by atoms with van der Waals surface area (Å²) in [5, 5.41) is 2.99. The number of nitrogens with one attached hydrogen (secondary N) is 2. The maximum atomic E-state index is 13.6. The van der Waals surface area contributed by atoms with E-state index in [-0.39, 0.29) is 11.6 Å². The van der Waals surface area contributed by atoms with Crippen molar-refractivity contribution >= 4 is 11.0 Å². The van der Waals surface area contributed by atoms with Gasteiger partial charge < -0.3 is 10.3 Å². The first-order valence-corrected chi connectivity index (χ1v) is 4.97. The lowest BCUT2D eigenvalue weighted by molar-refractivity contribution is 0.341. The SMILES string of the molecule is O=c1[nH]c2ccc(F)c(F)c2n1C1CNC1. The summed E-state index contributed by atoms with van der Waals surface area (Å²) < 4.78 is 28.0. The zero-order chi connectivity index (χ0) is 11.3. The second-order valence-electron chi connectivity index (χ2n) is 3.87.